The highest BCUT2D eigenvalue weighted by Gasteiger charge is 2.48. The zero-order chi connectivity index (χ0) is 10.0. The fraction of sp³-hybridized carbons (Fsp3) is 0.900. The molecule has 1 aliphatic carbocycles. The first-order valence-electron chi connectivity index (χ1n) is 5.36. The smallest absolute Gasteiger partial charge is 0.227 e. The molecule has 0 aromatic heterocycles. The summed E-state index contributed by atoms with van der Waals surface area (Å²) in [4.78, 5) is 11.8. The van der Waals surface area contributed by atoms with Gasteiger partial charge in [0.2, 0.25) is 5.91 Å². The lowest BCUT2D eigenvalue weighted by atomic mass is 10.0. The van der Waals surface area contributed by atoms with Gasteiger partial charge in [-0.15, -0.1) is 0 Å². The molecule has 3 N–H and O–H groups in total. The quantitative estimate of drug-likeness (QED) is 0.728. The van der Waals surface area contributed by atoms with E-state index in [1.165, 1.54) is 11.5 Å². The molecule has 2 fully saturated rings. The van der Waals surface area contributed by atoms with Crippen LogP contribution in [0.25, 0.3) is 0 Å². The third-order valence-corrected chi connectivity index (χ3v) is 4.33. The first-order valence-corrected chi connectivity index (χ1v) is 6.51. The number of nitrogens with one attached hydrogen (secondary N) is 1. The van der Waals surface area contributed by atoms with E-state index >= 15 is 0 Å². The lowest BCUT2D eigenvalue weighted by Gasteiger charge is -2.24. The number of nitrogens with two attached hydrogens (primary N) is 1. The molecule has 0 bridgehead atoms. The number of carbonyl (C=O) groups excluding carboxylic acids is 1. The molecular formula is C10H18N2OS. The third-order valence-electron chi connectivity index (χ3n) is 3.28. The predicted octanol–water partition coefficient (Wildman–Crippen LogP) is 0.737. The lowest BCUT2D eigenvalue weighted by Crippen LogP contribution is -2.43. The van der Waals surface area contributed by atoms with Crippen molar-refractivity contribution >= 4 is 17.7 Å². The summed E-state index contributed by atoms with van der Waals surface area (Å²) in [7, 11) is 0. The normalized spacial score (nSPS) is 25.8. The van der Waals surface area contributed by atoms with Crippen LogP contribution in [0.3, 0.4) is 0 Å². The summed E-state index contributed by atoms with van der Waals surface area (Å²) in [6.07, 6.45) is 4.21. The monoisotopic (exact) mass is 214 g/mol. The Morgan fingerprint density at radius 3 is 2.57 bits per heavy atom. The number of rotatable bonds is 3. The average Bonchev–Trinajstić information content (AvgIpc) is 3.00. The summed E-state index contributed by atoms with van der Waals surface area (Å²) >= 11 is 1.98. The zero-order valence-corrected chi connectivity index (χ0v) is 9.24. The molecule has 0 aromatic carbocycles. The largest absolute Gasteiger partial charge is 0.353 e. The van der Waals surface area contributed by atoms with E-state index in [0.717, 1.165) is 25.7 Å². The zero-order valence-electron chi connectivity index (χ0n) is 8.42. The molecule has 4 heteroatoms. The fourth-order valence-electron chi connectivity index (χ4n) is 1.86. The molecule has 1 amide bonds. The van der Waals surface area contributed by atoms with Crippen molar-refractivity contribution in [2.24, 2.45) is 11.1 Å². The second-order valence-electron chi connectivity index (χ2n) is 4.34. The molecule has 1 aliphatic heterocycles. The van der Waals surface area contributed by atoms with E-state index in [2.05, 4.69) is 5.32 Å². The molecule has 0 atom stereocenters. The van der Waals surface area contributed by atoms with E-state index in [9.17, 15) is 4.79 Å². The van der Waals surface area contributed by atoms with Gasteiger partial charge in [-0.1, -0.05) is 0 Å². The average molecular weight is 214 g/mol. The molecule has 1 saturated heterocycles. The molecular weight excluding hydrogens is 196 g/mol. The molecule has 2 aliphatic rings. The van der Waals surface area contributed by atoms with Crippen molar-refractivity contribution in [2.45, 2.75) is 31.7 Å². The molecule has 2 rings (SSSR count). The first-order chi connectivity index (χ1) is 6.77. The van der Waals surface area contributed by atoms with Gasteiger partial charge in [-0.05, 0) is 37.2 Å². The molecule has 3 nitrogen and oxygen atoms in total. The maximum atomic E-state index is 11.8. The van der Waals surface area contributed by atoms with Gasteiger partial charge in [0, 0.05) is 12.6 Å². The minimum absolute atomic E-state index is 0.176. The van der Waals surface area contributed by atoms with E-state index in [1.807, 2.05) is 11.8 Å². The second-order valence-corrected chi connectivity index (χ2v) is 5.57. The van der Waals surface area contributed by atoms with E-state index in [1.54, 1.807) is 0 Å². The van der Waals surface area contributed by atoms with Crippen molar-refractivity contribution in [3.8, 4) is 0 Å². The lowest BCUT2D eigenvalue weighted by molar-refractivity contribution is -0.126. The van der Waals surface area contributed by atoms with Gasteiger partial charge in [-0.3, -0.25) is 4.79 Å². The van der Waals surface area contributed by atoms with Gasteiger partial charge in [0.25, 0.3) is 0 Å². The van der Waals surface area contributed by atoms with Crippen LogP contribution >= 0.6 is 11.8 Å². The summed E-state index contributed by atoms with van der Waals surface area (Å²) in [6, 6.07) is 0.410. The summed E-state index contributed by atoms with van der Waals surface area (Å²) in [6.45, 7) is 0.514. The van der Waals surface area contributed by atoms with Gasteiger partial charge in [0.05, 0.1) is 5.41 Å². The van der Waals surface area contributed by atoms with Crippen LogP contribution in [0, 0.1) is 5.41 Å². The Balaban J connectivity index is 1.81. The van der Waals surface area contributed by atoms with Crippen LogP contribution in [-0.2, 0) is 4.79 Å². The van der Waals surface area contributed by atoms with Gasteiger partial charge in [-0.2, -0.15) is 11.8 Å². The van der Waals surface area contributed by atoms with Gasteiger partial charge in [-0.25, -0.2) is 0 Å². The Bertz CT molecular complexity index is 222. The number of carbonyl (C=O) groups is 1. The summed E-state index contributed by atoms with van der Waals surface area (Å²) < 4.78 is 0. The van der Waals surface area contributed by atoms with Gasteiger partial charge in [0.1, 0.15) is 0 Å². The fourth-order valence-corrected chi connectivity index (χ4v) is 2.96. The minimum Gasteiger partial charge on any atom is -0.353 e. The molecule has 14 heavy (non-hydrogen) atoms. The Labute approximate surface area is 89.2 Å². The number of thioether (sulfide) groups is 1. The van der Waals surface area contributed by atoms with E-state index < -0.39 is 0 Å². The van der Waals surface area contributed by atoms with Crippen LogP contribution in [0.1, 0.15) is 25.7 Å². The molecule has 0 radical (unpaired) electrons. The highest BCUT2D eigenvalue weighted by molar-refractivity contribution is 7.99. The van der Waals surface area contributed by atoms with Crippen molar-refractivity contribution < 1.29 is 4.79 Å². The maximum Gasteiger partial charge on any atom is 0.227 e. The maximum absolute atomic E-state index is 11.8. The number of amides is 1. The van der Waals surface area contributed by atoms with Crippen LogP contribution in [0.2, 0.25) is 0 Å². The summed E-state index contributed by atoms with van der Waals surface area (Å²) in [5, 5.41) is 3.14. The van der Waals surface area contributed by atoms with E-state index in [-0.39, 0.29) is 11.3 Å². The summed E-state index contributed by atoms with van der Waals surface area (Å²) in [5.41, 5.74) is 5.43. The highest BCUT2D eigenvalue weighted by Crippen LogP contribution is 2.44. The van der Waals surface area contributed by atoms with Crippen molar-refractivity contribution in [1.82, 2.24) is 5.32 Å². The van der Waals surface area contributed by atoms with Crippen molar-refractivity contribution in [3.05, 3.63) is 0 Å². The molecule has 1 heterocycles. The van der Waals surface area contributed by atoms with Crippen molar-refractivity contribution in [1.29, 1.82) is 0 Å². The van der Waals surface area contributed by atoms with Crippen LogP contribution in [0.4, 0.5) is 0 Å². The molecule has 0 spiro atoms. The first kappa shape index (κ1) is 10.3. The third kappa shape index (κ3) is 2.06. The molecule has 1 saturated carbocycles. The SMILES string of the molecule is NCC1(C(=O)NC2CCSCC2)CC1. The van der Waals surface area contributed by atoms with Crippen molar-refractivity contribution in [2.75, 3.05) is 18.1 Å². The molecule has 0 aromatic rings. The van der Waals surface area contributed by atoms with E-state index in [0.29, 0.717) is 12.6 Å². The van der Waals surface area contributed by atoms with Gasteiger partial charge in [0.15, 0.2) is 0 Å². The topological polar surface area (TPSA) is 55.1 Å². The van der Waals surface area contributed by atoms with E-state index in [4.69, 9.17) is 5.73 Å². The Kier molecular flexibility index (Phi) is 3.02. The Morgan fingerprint density at radius 1 is 1.43 bits per heavy atom. The van der Waals surface area contributed by atoms with Crippen LogP contribution < -0.4 is 11.1 Å². The highest BCUT2D eigenvalue weighted by atomic mass is 32.2. The molecule has 0 unspecified atom stereocenters. The predicted molar refractivity (Wildman–Crippen MR) is 59.2 cm³/mol. The molecule has 80 valence electrons. The minimum atomic E-state index is -0.176. The standard InChI is InChI=1S/C10H18N2OS/c11-7-10(3-4-10)9(13)12-8-1-5-14-6-2-8/h8H,1-7,11H2,(H,12,13). The van der Waals surface area contributed by atoms with Crippen LogP contribution in [0.15, 0.2) is 0 Å². The summed E-state index contributed by atoms with van der Waals surface area (Å²) in [5.74, 6) is 2.57. The Morgan fingerprint density at radius 2 is 2.07 bits per heavy atom. The van der Waals surface area contributed by atoms with Crippen molar-refractivity contribution in [3.63, 3.8) is 0 Å². The van der Waals surface area contributed by atoms with Gasteiger partial charge >= 0.3 is 0 Å². The van der Waals surface area contributed by atoms with Crippen LogP contribution in [-0.4, -0.2) is 30.0 Å². The van der Waals surface area contributed by atoms with Crippen LogP contribution in [0.5, 0.6) is 0 Å². The Hall–Kier alpha value is -0.220. The second kappa shape index (κ2) is 4.11. The number of hydrogen-bond donors (Lipinski definition) is 2. The van der Waals surface area contributed by atoms with Gasteiger partial charge < -0.3 is 11.1 Å². The number of hydrogen-bond acceptors (Lipinski definition) is 3.